The van der Waals surface area contributed by atoms with Gasteiger partial charge in [0.1, 0.15) is 6.10 Å². The lowest BCUT2D eigenvalue weighted by Crippen LogP contribution is -2.39. The zero-order valence-electron chi connectivity index (χ0n) is 19.1. The Hall–Kier alpha value is -2.32. The molecule has 0 spiro atoms. The van der Waals surface area contributed by atoms with Crippen LogP contribution in [0.2, 0.25) is 5.02 Å². The highest BCUT2D eigenvalue weighted by molar-refractivity contribution is 6.31. The summed E-state index contributed by atoms with van der Waals surface area (Å²) in [5, 5.41) is 15.6. The number of aliphatic hydroxyl groups is 1. The number of hydrogen-bond acceptors (Lipinski definition) is 7. The minimum atomic E-state index is -0.609. The van der Waals surface area contributed by atoms with Gasteiger partial charge in [0, 0.05) is 43.2 Å². The molecule has 0 aliphatic carbocycles. The zero-order chi connectivity index (χ0) is 23.2. The number of benzene rings is 2. The standard InChI is InChI=1S/C25H31ClN2O5/c1-17(2)14-30-15-20(29)12-28(11-19-5-3-4-6-22(19)26)13-21-10-23(27-33-21)18-7-8-24-25(9-18)32-16-31-24/h3-9,17,20-21,29H,10-16H2,1-2H3/t20-,21+/m1/s1. The SMILES string of the molecule is CC(C)COC[C@H](O)CN(Cc1ccccc1Cl)C[C@@H]1CC(c2ccc3c(c2)OCO3)=NO1. The third kappa shape index (κ3) is 6.60. The molecule has 178 valence electrons. The van der Waals surface area contributed by atoms with Crippen molar-refractivity contribution in [1.82, 2.24) is 4.90 Å². The van der Waals surface area contributed by atoms with E-state index in [2.05, 4.69) is 23.9 Å². The number of hydrogen-bond donors (Lipinski definition) is 1. The summed E-state index contributed by atoms with van der Waals surface area (Å²) in [7, 11) is 0. The van der Waals surface area contributed by atoms with Crippen LogP contribution in [0.3, 0.4) is 0 Å². The number of rotatable bonds is 11. The van der Waals surface area contributed by atoms with Crippen LogP contribution in [-0.2, 0) is 16.1 Å². The lowest BCUT2D eigenvalue weighted by Gasteiger charge is -2.27. The van der Waals surface area contributed by atoms with Gasteiger partial charge in [-0.05, 0) is 35.7 Å². The van der Waals surface area contributed by atoms with Crippen molar-refractivity contribution in [2.45, 2.75) is 39.0 Å². The van der Waals surface area contributed by atoms with E-state index in [1.165, 1.54) is 0 Å². The first kappa shape index (κ1) is 23.8. The van der Waals surface area contributed by atoms with E-state index >= 15 is 0 Å². The van der Waals surface area contributed by atoms with E-state index in [1.54, 1.807) is 0 Å². The molecule has 0 bridgehead atoms. The van der Waals surface area contributed by atoms with E-state index in [0.717, 1.165) is 28.3 Å². The summed E-state index contributed by atoms with van der Waals surface area (Å²) >= 11 is 6.40. The first-order valence-corrected chi connectivity index (χ1v) is 11.7. The normalized spacial score (nSPS) is 18.0. The molecular formula is C25H31ClN2O5. The topological polar surface area (TPSA) is 72.8 Å². The van der Waals surface area contributed by atoms with Crippen LogP contribution < -0.4 is 9.47 Å². The molecule has 2 heterocycles. The van der Waals surface area contributed by atoms with Crippen LogP contribution in [0, 0.1) is 5.92 Å². The summed E-state index contributed by atoms with van der Waals surface area (Å²) in [6.45, 7) is 6.98. The second-order valence-corrected chi connectivity index (χ2v) is 9.32. The second-order valence-electron chi connectivity index (χ2n) is 8.91. The van der Waals surface area contributed by atoms with Gasteiger partial charge in [-0.15, -0.1) is 0 Å². The lowest BCUT2D eigenvalue weighted by atomic mass is 10.0. The van der Waals surface area contributed by atoms with Gasteiger partial charge in [0.2, 0.25) is 6.79 Å². The molecule has 2 aliphatic rings. The maximum atomic E-state index is 10.6. The lowest BCUT2D eigenvalue weighted by molar-refractivity contribution is -0.00734. The van der Waals surface area contributed by atoms with Gasteiger partial charge < -0.3 is 24.2 Å². The van der Waals surface area contributed by atoms with E-state index in [0.29, 0.717) is 50.2 Å². The third-order valence-electron chi connectivity index (χ3n) is 5.48. The number of aliphatic hydroxyl groups excluding tert-OH is 1. The molecule has 1 N–H and O–H groups in total. The van der Waals surface area contributed by atoms with Gasteiger partial charge in [0.05, 0.1) is 18.4 Å². The van der Waals surface area contributed by atoms with Crippen molar-refractivity contribution in [3.05, 3.63) is 58.6 Å². The zero-order valence-corrected chi connectivity index (χ0v) is 19.8. The monoisotopic (exact) mass is 474 g/mol. The molecule has 4 rings (SSSR count). The molecule has 0 amide bonds. The quantitative estimate of drug-likeness (QED) is 0.528. The Kier molecular flexibility index (Phi) is 8.09. The number of halogens is 1. The van der Waals surface area contributed by atoms with Gasteiger partial charge >= 0.3 is 0 Å². The van der Waals surface area contributed by atoms with Crippen LogP contribution in [0.5, 0.6) is 11.5 Å². The number of fused-ring (bicyclic) bond motifs is 1. The number of oxime groups is 1. The molecule has 0 saturated heterocycles. The van der Waals surface area contributed by atoms with Crippen molar-refractivity contribution in [2.24, 2.45) is 11.1 Å². The minimum Gasteiger partial charge on any atom is -0.454 e. The molecule has 8 heteroatoms. The van der Waals surface area contributed by atoms with Crippen LogP contribution in [0.4, 0.5) is 0 Å². The summed E-state index contributed by atoms with van der Waals surface area (Å²) in [4.78, 5) is 7.91. The van der Waals surface area contributed by atoms with Crippen molar-refractivity contribution >= 4 is 17.3 Å². The van der Waals surface area contributed by atoms with E-state index in [4.69, 9.17) is 30.6 Å². The van der Waals surface area contributed by atoms with Gasteiger partial charge in [-0.3, -0.25) is 4.90 Å². The smallest absolute Gasteiger partial charge is 0.231 e. The van der Waals surface area contributed by atoms with Gasteiger partial charge in [-0.25, -0.2) is 0 Å². The molecule has 0 unspecified atom stereocenters. The van der Waals surface area contributed by atoms with E-state index in [1.807, 2.05) is 42.5 Å². The average Bonchev–Trinajstić information content (AvgIpc) is 3.44. The van der Waals surface area contributed by atoms with Crippen LogP contribution in [-0.4, -0.2) is 61.0 Å². The molecule has 0 saturated carbocycles. The first-order valence-electron chi connectivity index (χ1n) is 11.3. The minimum absolute atomic E-state index is 0.128. The first-order chi connectivity index (χ1) is 16.0. The van der Waals surface area contributed by atoms with Crippen molar-refractivity contribution < 1.29 is 24.2 Å². The van der Waals surface area contributed by atoms with Gasteiger partial charge in [0.15, 0.2) is 11.5 Å². The fraction of sp³-hybridized carbons (Fsp3) is 0.480. The van der Waals surface area contributed by atoms with Gasteiger partial charge in [-0.2, -0.15) is 0 Å². The van der Waals surface area contributed by atoms with Crippen LogP contribution in [0.25, 0.3) is 0 Å². The largest absolute Gasteiger partial charge is 0.454 e. The molecule has 7 nitrogen and oxygen atoms in total. The summed E-state index contributed by atoms with van der Waals surface area (Å²) in [5.74, 6) is 1.90. The molecule has 33 heavy (non-hydrogen) atoms. The Labute approximate surface area is 199 Å². The Bertz CT molecular complexity index is 968. The number of nitrogens with zero attached hydrogens (tertiary/aromatic N) is 2. The average molecular weight is 475 g/mol. The highest BCUT2D eigenvalue weighted by Crippen LogP contribution is 2.33. The molecule has 0 fully saturated rings. The molecule has 2 aromatic carbocycles. The molecule has 2 aromatic rings. The predicted molar refractivity (Wildman–Crippen MR) is 127 cm³/mol. The Morgan fingerprint density at radius 3 is 2.79 bits per heavy atom. The third-order valence-corrected chi connectivity index (χ3v) is 5.85. The fourth-order valence-corrected chi connectivity index (χ4v) is 4.12. The molecule has 0 radical (unpaired) electrons. The van der Waals surface area contributed by atoms with Crippen LogP contribution in [0.1, 0.15) is 31.4 Å². The van der Waals surface area contributed by atoms with E-state index in [9.17, 15) is 5.11 Å². The summed E-state index contributed by atoms with van der Waals surface area (Å²) in [5.41, 5.74) is 2.84. The van der Waals surface area contributed by atoms with Crippen molar-refractivity contribution in [2.75, 3.05) is 33.1 Å². The van der Waals surface area contributed by atoms with Gasteiger partial charge in [-0.1, -0.05) is 48.8 Å². The molecule has 0 aromatic heterocycles. The van der Waals surface area contributed by atoms with Crippen LogP contribution >= 0.6 is 11.6 Å². The van der Waals surface area contributed by atoms with E-state index < -0.39 is 6.10 Å². The summed E-state index contributed by atoms with van der Waals surface area (Å²) in [6.07, 6.45) is -0.0721. The van der Waals surface area contributed by atoms with Crippen molar-refractivity contribution in [3.8, 4) is 11.5 Å². The Morgan fingerprint density at radius 1 is 1.15 bits per heavy atom. The maximum Gasteiger partial charge on any atom is 0.231 e. The number of ether oxygens (including phenoxy) is 3. The van der Waals surface area contributed by atoms with Crippen molar-refractivity contribution in [1.29, 1.82) is 0 Å². The molecular weight excluding hydrogens is 444 g/mol. The Balaban J connectivity index is 1.37. The molecule has 2 atom stereocenters. The molecule has 2 aliphatic heterocycles. The maximum absolute atomic E-state index is 10.6. The second kappa shape index (κ2) is 11.2. The summed E-state index contributed by atoms with van der Waals surface area (Å²) in [6, 6.07) is 13.6. The van der Waals surface area contributed by atoms with Gasteiger partial charge in [0.25, 0.3) is 0 Å². The van der Waals surface area contributed by atoms with Crippen LogP contribution in [0.15, 0.2) is 47.6 Å². The fourth-order valence-electron chi connectivity index (χ4n) is 3.92. The van der Waals surface area contributed by atoms with E-state index in [-0.39, 0.29) is 12.9 Å². The summed E-state index contributed by atoms with van der Waals surface area (Å²) < 4.78 is 16.5. The predicted octanol–water partition coefficient (Wildman–Crippen LogP) is 4.10. The highest BCUT2D eigenvalue weighted by Gasteiger charge is 2.27. The van der Waals surface area contributed by atoms with Crippen molar-refractivity contribution in [3.63, 3.8) is 0 Å². The Morgan fingerprint density at radius 2 is 1.97 bits per heavy atom. The highest BCUT2D eigenvalue weighted by atomic mass is 35.5.